The topological polar surface area (TPSA) is 109 Å². The highest BCUT2D eigenvalue weighted by Crippen LogP contribution is 2.33. The van der Waals surface area contributed by atoms with E-state index in [0.29, 0.717) is 11.4 Å². The van der Waals surface area contributed by atoms with Gasteiger partial charge in [-0.3, -0.25) is 9.59 Å². The first-order valence-electron chi connectivity index (χ1n) is 6.92. The van der Waals surface area contributed by atoms with E-state index in [0.717, 1.165) is 10.4 Å². The number of primary amides is 1. The predicted molar refractivity (Wildman–Crippen MR) is 88.3 cm³/mol. The minimum Gasteiger partial charge on any atom is -0.478 e. The summed E-state index contributed by atoms with van der Waals surface area (Å²) in [5.41, 5.74) is 6.43. The molecule has 4 N–H and O–H groups in total. The first-order chi connectivity index (χ1) is 10.9. The maximum atomic E-state index is 12.4. The van der Waals surface area contributed by atoms with Crippen molar-refractivity contribution in [2.75, 3.05) is 5.32 Å². The summed E-state index contributed by atoms with van der Waals surface area (Å²) in [5, 5.41) is 12.1. The molecule has 0 aliphatic heterocycles. The molecule has 0 unspecified atom stereocenters. The summed E-state index contributed by atoms with van der Waals surface area (Å²) in [6.45, 7) is 3.74. The summed E-state index contributed by atoms with van der Waals surface area (Å²) in [4.78, 5) is 36.2. The average Bonchev–Trinajstić information content (AvgIpc) is 2.82. The molecule has 2 amide bonds. The van der Waals surface area contributed by atoms with Crippen LogP contribution in [-0.2, 0) is 6.42 Å². The zero-order valence-corrected chi connectivity index (χ0v) is 13.5. The molecule has 0 saturated carbocycles. The number of hydrogen-bond donors (Lipinski definition) is 3. The number of carbonyl (C=O) groups is 3. The number of nitrogens with one attached hydrogen (secondary N) is 1. The molecule has 0 bridgehead atoms. The molecule has 120 valence electrons. The molecule has 0 fully saturated rings. The summed E-state index contributed by atoms with van der Waals surface area (Å²) in [6.07, 6.45) is 0.613. The molecule has 2 rings (SSSR count). The van der Waals surface area contributed by atoms with Gasteiger partial charge in [-0.2, -0.15) is 0 Å². The van der Waals surface area contributed by atoms with E-state index in [1.165, 1.54) is 23.5 Å². The van der Waals surface area contributed by atoms with Gasteiger partial charge in [0.1, 0.15) is 5.00 Å². The van der Waals surface area contributed by atoms with E-state index >= 15 is 0 Å². The fraction of sp³-hybridized carbons (Fsp3) is 0.188. The molecule has 0 atom stereocenters. The number of hydrogen-bond acceptors (Lipinski definition) is 4. The number of rotatable bonds is 5. The monoisotopic (exact) mass is 332 g/mol. The van der Waals surface area contributed by atoms with Crippen LogP contribution in [0.4, 0.5) is 5.00 Å². The molecule has 1 heterocycles. The quantitative estimate of drug-likeness (QED) is 0.782. The van der Waals surface area contributed by atoms with Crippen LogP contribution >= 0.6 is 11.3 Å². The minimum absolute atomic E-state index is 0.0273. The first kappa shape index (κ1) is 16.7. The number of carbonyl (C=O) groups excluding carboxylic acids is 2. The number of carboxylic acid groups (broad SMARTS) is 1. The van der Waals surface area contributed by atoms with E-state index in [2.05, 4.69) is 5.32 Å². The van der Waals surface area contributed by atoms with Crippen molar-refractivity contribution in [1.29, 1.82) is 0 Å². The number of anilines is 1. The summed E-state index contributed by atoms with van der Waals surface area (Å²) < 4.78 is 0. The van der Waals surface area contributed by atoms with Gasteiger partial charge in [0.05, 0.1) is 16.7 Å². The standard InChI is InChI=1S/C16H16N2O4S/c1-3-9-8(2)23-15(12(9)13(17)19)18-14(20)10-6-4-5-7-11(10)16(21)22/h4-7H,3H2,1-2H3,(H2,17,19)(H,18,20)(H,21,22). The molecule has 0 aliphatic carbocycles. The lowest BCUT2D eigenvalue weighted by Crippen LogP contribution is -2.19. The van der Waals surface area contributed by atoms with E-state index in [9.17, 15) is 14.4 Å². The third-order valence-corrected chi connectivity index (χ3v) is 4.50. The van der Waals surface area contributed by atoms with Gasteiger partial charge >= 0.3 is 5.97 Å². The zero-order valence-electron chi connectivity index (χ0n) is 12.7. The van der Waals surface area contributed by atoms with Crippen molar-refractivity contribution in [3.05, 3.63) is 51.4 Å². The van der Waals surface area contributed by atoms with Crippen LogP contribution in [0.5, 0.6) is 0 Å². The molecule has 1 aromatic heterocycles. The lowest BCUT2D eigenvalue weighted by atomic mass is 10.1. The molecule has 6 nitrogen and oxygen atoms in total. The van der Waals surface area contributed by atoms with Crippen LogP contribution in [0.2, 0.25) is 0 Å². The third-order valence-electron chi connectivity index (χ3n) is 3.44. The van der Waals surface area contributed by atoms with Crippen molar-refractivity contribution in [2.24, 2.45) is 5.73 Å². The van der Waals surface area contributed by atoms with Gasteiger partial charge in [0.25, 0.3) is 11.8 Å². The van der Waals surface area contributed by atoms with Crippen LogP contribution in [0.3, 0.4) is 0 Å². The molecule has 0 radical (unpaired) electrons. The maximum absolute atomic E-state index is 12.4. The minimum atomic E-state index is -1.19. The molecule has 2 aromatic rings. The lowest BCUT2D eigenvalue weighted by molar-refractivity contribution is 0.0692. The van der Waals surface area contributed by atoms with E-state index < -0.39 is 17.8 Å². The van der Waals surface area contributed by atoms with Crippen LogP contribution in [0, 0.1) is 6.92 Å². The van der Waals surface area contributed by atoms with Crippen molar-refractivity contribution < 1.29 is 19.5 Å². The number of thiophene rings is 1. The Hall–Kier alpha value is -2.67. The van der Waals surface area contributed by atoms with Crippen molar-refractivity contribution in [3.8, 4) is 0 Å². The van der Waals surface area contributed by atoms with Gasteiger partial charge in [-0.05, 0) is 31.0 Å². The molecule has 0 spiro atoms. The van der Waals surface area contributed by atoms with E-state index in [-0.39, 0.29) is 16.7 Å². The summed E-state index contributed by atoms with van der Waals surface area (Å²) in [6, 6.07) is 5.89. The summed E-state index contributed by atoms with van der Waals surface area (Å²) >= 11 is 1.25. The van der Waals surface area contributed by atoms with Gasteiger partial charge in [0, 0.05) is 4.88 Å². The number of aryl methyl sites for hydroxylation is 1. The Labute approximate surface area is 136 Å². The second-order valence-corrected chi connectivity index (χ2v) is 6.09. The fourth-order valence-electron chi connectivity index (χ4n) is 2.39. The number of carboxylic acids is 1. The number of aromatic carboxylic acids is 1. The SMILES string of the molecule is CCc1c(C)sc(NC(=O)c2ccccc2C(=O)O)c1C(N)=O. The molecule has 0 aliphatic rings. The number of benzene rings is 1. The van der Waals surface area contributed by atoms with Gasteiger partial charge in [-0.1, -0.05) is 19.1 Å². The Balaban J connectivity index is 2.43. The van der Waals surface area contributed by atoms with E-state index in [1.54, 1.807) is 12.1 Å². The predicted octanol–water partition coefficient (Wildman–Crippen LogP) is 2.67. The number of amides is 2. The van der Waals surface area contributed by atoms with Gasteiger partial charge in [-0.15, -0.1) is 11.3 Å². The van der Waals surface area contributed by atoms with Gasteiger partial charge in [0.2, 0.25) is 0 Å². The van der Waals surface area contributed by atoms with Gasteiger partial charge < -0.3 is 16.2 Å². The van der Waals surface area contributed by atoms with Crippen molar-refractivity contribution in [3.63, 3.8) is 0 Å². The molecule has 23 heavy (non-hydrogen) atoms. The normalized spacial score (nSPS) is 10.3. The average molecular weight is 332 g/mol. The fourth-order valence-corrected chi connectivity index (χ4v) is 3.54. The van der Waals surface area contributed by atoms with Crippen LogP contribution < -0.4 is 11.1 Å². The molecule has 0 saturated heterocycles. The van der Waals surface area contributed by atoms with Crippen LogP contribution in [0.15, 0.2) is 24.3 Å². The van der Waals surface area contributed by atoms with Crippen LogP contribution in [0.25, 0.3) is 0 Å². The Morgan fingerprint density at radius 3 is 2.35 bits per heavy atom. The Bertz CT molecular complexity index is 795. The first-order valence-corrected chi connectivity index (χ1v) is 7.74. The maximum Gasteiger partial charge on any atom is 0.336 e. The lowest BCUT2D eigenvalue weighted by Gasteiger charge is -2.08. The highest BCUT2D eigenvalue weighted by Gasteiger charge is 2.22. The number of nitrogens with two attached hydrogens (primary N) is 1. The third kappa shape index (κ3) is 3.24. The van der Waals surface area contributed by atoms with E-state index in [4.69, 9.17) is 10.8 Å². The summed E-state index contributed by atoms with van der Waals surface area (Å²) in [5.74, 6) is -2.40. The smallest absolute Gasteiger partial charge is 0.336 e. The van der Waals surface area contributed by atoms with Crippen LogP contribution in [0.1, 0.15) is 48.4 Å². The molecular weight excluding hydrogens is 316 g/mol. The molecule has 7 heteroatoms. The van der Waals surface area contributed by atoms with Crippen molar-refractivity contribution in [2.45, 2.75) is 20.3 Å². The molecule has 1 aromatic carbocycles. The zero-order chi connectivity index (χ0) is 17.1. The second kappa shape index (κ2) is 6.62. The highest BCUT2D eigenvalue weighted by atomic mass is 32.1. The van der Waals surface area contributed by atoms with Crippen molar-refractivity contribution in [1.82, 2.24) is 0 Å². The van der Waals surface area contributed by atoms with Gasteiger partial charge in [0.15, 0.2) is 0 Å². The highest BCUT2D eigenvalue weighted by molar-refractivity contribution is 7.16. The second-order valence-electron chi connectivity index (χ2n) is 4.86. The Morgan fingerprint density at radius 1 is 1.22 bits per heavy atom. The van der Waals surface area contributed by atoms with E-state index in [1.807, 2.05) is 13.8 Å². The molecular formula is C16H16N2O4S. The van der Waals surface area contributed by atoms with Crippen LogP contribution in [-0.4, -0.2) is 22.9 Å². The summed E-state index contributed by atoms with van der Waals surface area (Å²) in [7, 11) is 0. The van der Waals surface area contributed by atoms with Gasteiger partial charge in [-0.25, -0.2) is 4.79 Å². The largest absolute Gasteiger partial charge is 0.478 e. The van der Waals surface area contributed by atoms with Crippen molar-refractivity contribution >= 4 is 34.1 Å². The Morgan fingerprint density at radius 2 is 1.83 bits per heavy atom. The Kier molecular flexibility index (Phi) is 4.80.